The van der Waals surface area contributed by atoms with Gasteiger partial charge in [0.1, 0.15) is 17.0 Å². The molecule has 11 aromatic rings. The zero-order chi connectivity index (χ0) is 75.9. The van der Waals surface area contributed by atoms with E-state index in [1.807, 2.05) is 162 Å². The quantitative estimate of drug-likeness (QED) is 0.0373. The summed E-state index contributed by atoms with van der Waals surface area (Å²) in [7, 11) is 0. The van der Waals surface area contributed by atoms with Crippen LogP contribution in [0.25, 0.3) is 11.2 Å². The number of carbonyl (C=O) groups excluding carboxylic acids is 2. The minimum atomic E-state index is -1.03. The van der Waals surface area contributed by atoms with E-state index in [-0.39, 0.29) is 38.2 Å². The number of nitrogens with two attached hydrogens (primary N) is 2. The van der Waals surface area contributed by atoms with Crippen molar-refractivity contribution >= 4 is 56.7 Å². The fraction of sp³-hybridized carbons (Fsp3) is 0.301. The highest BCUT2D eigenvalue weighted by molar-refractivity contribution is 6.64. The molecule has 0 spiro atoms. The first-order chi connectivity index (χ1) is 48.8. The van der Waals surface area contributed by atoms with Gasteiger partial charge in [0.25, 0.3) is 11.6 Å². The number of rotatable bonds is 15. The average Bonchev–Trinajstić information content (AvgIpc) is 1.62. The molecule has 0 bridgehead atoms. The van der Waals surface area contributed by atoms with Gasteiger partial charge in [0, 0.05) is 71.3 Å². The number of fused-ring (bicyclic) bond motifs is 1. The number of pyridine rings is 5. The van der Waals surface area contributed by atoms with Crippen LogP contribution in [0.5, 0.6) is 0 Å². The van der Waals surface area contributed by atoms with Crippen molar-refractivity contribution in [2.45, 2.75) is 154 Å². The van der Waals surface area contributed by atoms with Gasteiger partial charge >= 0.3 is 5.69 Å². The van der Waals surface area contributed by atoms with Crippen LogP contribution in [0.1, 0.15) is 141 Å². The van der Waals surface area contributed by atoms with E-state index in [1.165, 1.54) is 47.0 Å². The lowest BCUT2D eigenvalue weighted by Crippen LogP contribution is -2.28. The predicted octanol–water partition coefficient (Wildman–Crippen LogP) is 18.5. The van der Waals surface area contributed by atoms with E-state index in [4.69, 9.17) is 28.1 Å². The summed E-state index contributed by atoms with van der Waals surface area (Å²) in [6.45, 7) is 28.4. The Morgan fingerprint density at radius 2 is 0.845 bits per heavy atom. The van der Waals surface area contributed by atoms with Crippen LogP contribution in [0.3, 0.4) is 0 Å². The van der Waals surface area contributed by atoms with Crippen molar-refractivity contribution in [3.63, 3.8) is 0 Å². The third-order valence-corrected chi connectivity index (χ3v) is 16.5. The average molecular weight is 1410 g/mol. The van der Waals surface area contributed by atoms with E-state index < -0.39 is 22.0 Å². The Morgan fingerprint density at radius 3 is 1.25 bits per heavy atom. The van der Waals surface area contributed by atoms with Crippen LogP contribution < -0.4 is 16.8 Å². The summed E-state index contributed by atoms with van der Waals surface area (Å²) in [4.78, 5) is 68.1. The highest BCUT2D eigenvalue weighted by atomic mass is 35.5. The third-order valence-electron chi connectivity index (χ3n) is 15.9. The molecule has 0 saturated carbocycles. The molecule has 0 saturated heterocycles. The summed E-state index contributed by atoms with van der Waals surface area (Å²) in [5.41, 5.74) is 26.8. The van der Waals surface area contributed by atoms with Crippen LogP contribution in [0, 0.1) is 71.6 Å². The van der Waals surface area contributed by atoms with Crippen molar-refractivity contribution in [3.05, 3.63) is 318 Å². The van der Waals surface area contributed by atoms with Gasteiger partial charge < -0.3 is 21.4 Å². The molecule has 103 heavy (non-hydrogen) atoms. The number of hydrogen-bond donors (Lipinski definition) is 3. The molecule has 6 aromatic heterocycles. The van der Waals surface area contributed by atoms with Gasteiger partial charge in [-0.2, -0.15) is 4.39 Å². The minimum absolute atomic E-state index is 0.0120. The molecule has 20 heteroatoms. The third kappa shape index (κ3) is 27.6. The van der Waals surface area contributed by atoms with E-state index in [1.54, 1.807) is 40.0 Å². The first kappa shape index (κ1) is 82.9. The molecule has 0 fully saturated rings. The number of nitrogens with zero attached hydrogens (tertiary/aromatic N) is 9. The van der Waals surface area contributed by atoms with Crippen molar-refractivity contribution in [2.24, 2.45) is 16.6 Å². The minimum Gasteiger partial charge on any atom is -0.397 e. The highest BCUT2D eigenvalue weighted by Crippen LogP contribution is 2.29. The fourth-order valence-corrected chi connectivity index (χ4v) is 9.84. The van der Waals surface area contributed by atoms with Crippen molar-refractivity contribution in [2.75, 3.05) is 11.1 Å². The maximum Gasteiger partial charge on any atom is 0.326 e. The number of halogens is 2. The van der Waals surface area contributed by atoms with Crippen molar-refractivity contribution in [1.29, 1.82) is 0 Å². The van der Waals surface area contributed by atoms with Gasteiger partial charge in [-0.3, -0.25) is 44.8 Å². The largest absolute Gasteiger partial charge is 0.397 e. The molecule has 0 aliphatic heterocycles. The van der Waals surface area contributed by atoms with Crippen molar-refractivity contribution in [3.8, 4) is 0 Å². The molecule has 6 heterocycles. The lowest BCUT2D eigenvalue weighted by atomic mass is 9.95. The van der Waals surface area contributed by atoms with Crippen LogP contribution in [0.4, 0.5) is 27.1 Å². The smallest absolute Gasteiger partial charge is 0.326 e. The van der Waals surface area contributed by atoms with Gasteiger partial charge in [0.15, 0.2) is 5.65 Å². The van der Waals surface area contributed by atoms with E-state index in [2.05, 4.69) is 123 Å². The maximum absolute atomic E-state index is 12.5. The highest BCUT2D eigenvalue weighted by Gasteiger charge is 2.26. The number of amides is 1. The Balaban J connectivity index is 0.000000223. The van der Waals surface area contributed by atoms with Crippen LogP contribution in [-0.4, -0.2) is 55.5 Å². The molecular formula is C83H98ClFN12O6. The molecule has 0 atom stereocenters. The first-order valence-electron chi connectivity index (χ1n) is 34.0. The summed E-state index contributed by atoms with van der Waals surface area (Å²) >= 11 is 5.11. The summed E-state index contributed by atoms with van der Waals surface area (Å²) in [6, 6.07) is 60.1. The summed E-state index contributed by atoms with van der Waals surface area (Å²) in [6.07, 6.45) is 13.3. The zero-order valence-electron chi connectivity index (χ0n) is 61.7. The predicted molar refractivity (Wildman–Crippen MR) is 414 cm³/mol. The first-order valence-corrected chi connectivity index (χ1v) is 34.4. The van der Waals surface area contributed by atoms with Crippen molar-refractivity contribution < 1.29 is 23.8 Å². The zero-order valence-corrected chi connectivity index (χ0v) is 62.5. The SMILES string of the molecule is CC(C)(C)C(=O)Cl.Cc1ccnc(CCc2ccccc2)c1N.Cc1ccnc(CCc2ccccc2)c1NC(=O)C(C)(C)C.Cc1ccnc(CCc2ccccc2)c1[N+](=O)[O-].Cc1ccnc(F)c1[N+](=O)[O-].Cc1ccnc2c1nc(C(C)(C)C)n2Cc1ccccc1.NCc1ccccc1. The van der Waals surface area contributed by atoms with Gasteiger partial charge in [-0.1, -0.05) is 214 Å². The molecule has 0 unspecified atom stereocenters. The lowest BCUT2D eigenvalue weighted by Gasteiger charge is -2.20. The lowest BCUT2D eigenvalue weighted by molar-refractivity contribution is -0.388. The number of aromatic nitrogens is 7. The Hall–Kier alpha value is -10.8. The van der Waals surface area contributed by atoms with Gasteiger partial charge in [-0.15, -0.1) is 0 Å². The van der Waals surface area contributed by atoms with E-state index >= 15 is 0 Å². The molecule has 5 N–H and O–H groups in total. The number of nitrogens with one attached hydrogen (secondary N) is 1. The molecule has 0 aliphatic rings. The molecule has 0 radical (unpaired) electrons. The molecule has 1 amide bonds. The van der Waals surface area contributed by atoms with Gasteiger partial charge in [0.05, 0.1) is 39.2 Å². The number of nitrogen functional groups attached to an aromatic ring is 1. The van der Waals surface area contributed by atoms with Crippen LogP contribution >= 0.6 is 11.6 Å². The Labute approximate surface area is 611 Å². The summed E-state index contributed by atoms with van der Waals surface area (Å²) < 4.78 is 14.8. The summed E-state index contributed by atoms with van der Waals surface area (Å²) in [5.74, 6) is 0.0720. The standard InChI is InChI=1S/C19H24N2O.C18H21N3.C14H14N2O2.C14H16N2.C7H9N.C6H5FN2O2.C5H9ClO/c1-14-12-13-20-16(11-10-15-8-6-5-7-9-15)17(14)21-18(22)19(2,3)4;1-13-10-11-19-16-15(13)20-17(18(2,3)4)21(16)12-14-8-6-5-7-9-14;1-11-9-10-15-13(14(11)16(17)18)8-7-12-5-3-2-4-6-12;1-11-9-10-16-13(14(11)15)8-7-12-5-3-2-4-6-12;8-6-7-4-2-1-3-5-7;1-4-2-3-8-6(7)5(4)9(10)11;1-5(2,3)4(6)7/h5-9,12-13H,10-11H2,1-4H3,(H,21,22);5-11H,12H2,1-4H3;2-6,9-10H,7-8H2,1H3;2-6,9-10H,7-8,15H2,1H3;1-5H,6,8H2;2-3H,1H3;1-3H3. The number of imidazole rings is 1. The number of hydrogen-bond acceptors (Lipinski definition) is 14. The second kappa shape index (κ2) is 40.6. The topological polar surface area (TPSA) is 267 Å². The second-order valence-corrected chi connectivity index (χ2v) is 27.9. The maximum atomic E-state index is 12.5. The Kier molecular flexibility index (Phi) is 32.7. The van der Waals surface area contributed by atoms with E-state index in [9.17, 15) is 34.2 Å². The molecule has 5 aromatic carbocycles. The Bertz CT molecular complexity index is 4450. The van der Waals surface area contributed by atoms with Crippen LogP contribution in [-0.2, 0) is 66.6 Å². The molecule has 0 aliphatic carbocycles. The van der Waals surface area contributed by atoms with E-state index in [0.717, 1.165) is 95.1 Å². The number of aryl methyl sites for hydroxylation is 11. The van der Waals surface area contributed by atoms with Gasteiger partial charge in [0.2, 0.25) is 11.1 Å². The normalized spacial score (nSPS) is 10.8. The van der Waals surface area contributed by atoms with E-state index in [0.29, 0.717) is 24.2 Å². The summed E-state index contributed by atoms with van der Waals surface area (Å²) in [5, 5.41) is 24.0. The molecule has 11 rings (SSSR count). The molecule has 540 valence electrons. The number of anilines is 2. The molecular weight excluding hydrogens is 1320 g/mol. The van der Waals surface area contributed by atoms with Crippen LogP contribution in [0.15, 0.2) is 213 Å². The number of carbonyl (C=O) groups is 2. The molecule has 18 nitrogen and oxygen atoms in total. The van der Waals surface area contributed by atoms with Gasteiger partial charge in [-0.25, -0.2) is 15.0 Å². The van der Waals surface area contributed by atoms with Crippen LogP contribution in [0.2, 0.25) is 0 Å². The van der Waals surface area contributed by atoms with Crippen molar-refractivity contribution in [1.82, 2.24) is 34.5 Å². The second-order valence-electron chi connectivity index (χ2n) is 27.6. The monoisotopic (exact) mass is 1410 g/mol. The number of nitro groups is 2. The Morgan fingerprint density at radius 1 is 0.476 bits per heavy atom. The fourth-order valence-electron chi connectivity index (χ4n) is 9.84. The van der Waals surface area contributed by atoms with Gasteiger partial charge in [-0.05, 0) is 153 Å². The number of benzene rings is 5.